The Morgan fingerprint density at radius 1 is 1.10 bits per heavy atom. The lowest BCUT2D eigenvalue weighted by Gasteiger charge is -2.15. The molecule has 3 aromatic rings. The SMILES string of the molecule is CCOc1cc(C(=O)Nc2c(F)cc(F)cc2-c2ccccc2)c([N+](=O)[O-])cc1OC. The van der Waals surface area contributed by atoms with Crippen LogP contribution in [0.25, 0.3) is 11.1 Å². The van der Waals surface area contributed by atoms with Crippen molar-refractivity contribution in [2.75, 3.05) is 19.0 Å². The first-order chi connectivity index (χ1) is 14.8. The van der Waals surface area contributed by atoms with Gasteiger partial charge in [0.15, 0.2) is 11.5 Å². The van der Waals surface area contributed by atoms with E-state index in [9.17, 15) is 23.7 Å². The van der Waals surface area contributed by atoms with Crippen LogP contribution in [0.15, 0.2) is 54.6 Å². The molecule has 0 radical (unpaired) electrons. The number of hydrogen-bond acceptors (Lipinski definition) is 5. The zero-order valence-electron chi connectivity index (χ0n) is 16.6. The predicted octanol–water partition coefficient (Wildman–Crippen LogP) is 5.20. The fraction of sp³-hybridized carbons (Fsp3) is 0.136. The summed E-state index contributed by atoms with van der Waals surface area (Å²) in [5.74, 6) is -2.62. The second kappa shape index (κ2) is 9.21. The summed E-state index contributed by atoms with van der Waals surface area (Å²) in [6, 6.07) is 12.2. The van der Waals surface area contributed by atoms with Crippen molar-refractivity contribution in [1.82, 2.24) is 0 Å². The van der Waals surface area contributed by atoms with Crippen LogP contribution in [0.4, 0.5) is 20.2 Å². The van der Waals surface area contributed by atoms with Crippen LogP contribution in [0.2, 0.25) is 0 Å². The van der Waals surface area contributed by atoms with Crippen LogP contribution < -0.4 is 14.8 Å². The molecule has 0 unspecified atom stereocenters. The van der Waals surface area contributed by atoms with Gasteiger partial charge in [0, 0.05) is 17.7 Å². The van der Waals surface area contributed by atoms with Crippen molar-refractivity contribution in [3.63, 3.8) is 0 Å². The normalized spacial score (nSPS) is 10.5. The van der Waals surface area contributed by atoms with E-state index in [4.69, 9.17) is 9.47 Å². The highest BCUT2D eigenvalue weighted by molar-refractivity contribution is 6.09. The third kappa shape index (κ3) is 4.61. The molecule has 3 rings (SSSR count). The van der Waals surface area contributed by atoms with Crippen LogP contribution in [0.5, 0.6) is 11.5 Å². The molecule has 0 saturated heterocycles. The van der Waals surface area contributed by atoms with Gasteiger partial charge in [-0.3, -0.25) is 14.9 Å². The van der Waals surface area contributed by atoms with Gasteiger partial charge in [-0.05, 0) is 18.6 Å². The number of carbonyl (C=O) groups excluding carboxylic acids is 1. The molecule has 9 heteroatoms. The van der Waals surface area contributed by atoms with Gasteiger partial charge >= 0.3 is 0 Å². The Balaban J connectivity index is 2.10. The first-order valence-corrected chi connectivity index (χ1v) is 9.20. The molecule has 0 atom stereocenters. The molecule has 160 valence electrons. The van der Waals surface area contributed by atoms with Crippen LogP contribution in [0.1, 0.15) is 17.3 Å². The van der Waals surface area contributed by atoms with Gasteiger partial charge in [-0.2, -0.15) is 0 Å². The Kier molecular flexibility index (Phi) is 6.44. The van der Waals surface area contributed by atoms with E-state index in [2.05, 4.69) is 5.32 Å². The Morgan fingerprint density at radius 3 is 2.42 bits per heavy atom. The maximum atomic E-state index is 14.6. The van der Waals surface area contributed by atoms with Crippen LogP contribution in [0.3, 0.4) is 0 Å². The predicted molar refractivity (Wildman–Crippen MR) is 111 cm³/mol. The Labute approximate surface area is 176 Å². The summed E-state index contributed by atoms with van der Waals surface area (Å²) >= 11 is 0. The largest absolute Gasteiger partial charge is 0.493 e. The monoisotopic (exact) mass is 428 g/mol. The molecular weight excluding hydrogens is 410 g/mol. The van der Waals surface area contributed by atoms with Gasteiger partial charge < -0.3 is 14.8 Å². The molecule has 0 aliphatic heterocycles. The standard InChI is InChI=1S/C22H18F2N2O5/c1-3-31-20-11-16(18(26(28)29)12-19(20)30-2)22(27)25-21-15(9-14(23)10-17(21)24)13-7-5-4-6-8-13/h4-12H,3H2,1-2H3,(H,25,27). The van der Waals surface area contributed by atoms with Gasteiger partial charge in [-0.15, -0.1) is 0 Å². The highest BCUT2D eigenvalue weighted by Gasteiger charge is 2.26. The van der Waals surface area contributed by atoms with Crippen molar-refractivity contribution in [3.05, 3.63) is 81.9 Å². The molecule has 0 aliphatic carbocycles. The van der Waals surface area contributed by atoms with Gasteiger partial charge in [-0.1, -0.05) is 30.3 Å². The van der Waals surface area contributed by atoms with E-state index in [-0.39, 0.29) is 34.9 Å². The number of amides is 1. The zero-order valence-corrected chi connectivity index (χ0v) is 16.6. The second-order valence-corrected chi connectivity index (χ2v) is 6.34. The number of halogens is 2. The zero-order chi connectivity index (χ0) is 22.5. The maximum absolute atomic E-state index is 14.6. The lowest BCUT2D eigenvalue weighted by molar-refractivity contribution is -0.385. The number of nitrogens with zero attached hydrogens (tertiary/aromatic N) is 1. The molecule has 0 fully saturated rings. The number of methoxy groups -OCH3 is 1. The van der Waals surface area contributed by atoms with E-state index < -0.39 is 28.2 Å². The van der Waals surface area contributed by atoms with E-state index in [1.807, 2.05) is 0 Å². The summed E-state index contributed by atoms with van der Waals surface area (Å²) in [7, 11) is 1.31. The summed E-state index contributed by atoms with van der Waals surface area (Å²) in [6.07, 6.45) is 0. The maximum Gasteiger partial charge on any atom is 0.286 e. The molecule has 0 spiro atoms. The van der Waals surface area contributed by atoms with Crippen LogP contribution in [-0.4, -0.2) is 24.5 Å². The minimum atomic E-state index is -1.02. The lowest BCUT2D eigenvalue weighted by Crippen LogP contribution is -2.16. The minimum Gasteiger partial charge on any atom is -0.493 e. The first kappa shape index (κ1) is 21.7. The van der Waals surface area contributed by atoms with Crippen LogP contribution in [-0.2, 0) is 0 Å². The quantitative estimate of drug-likeness (QED) is 0.413. The average molecular weight is 428 g/mol. The van der Waals surface area contributed by atoms with Crippen molar-refractivity contribution in [3.8, 4) is 22.6 Å². The third-order valence-electron chi connectivity index (χ3n) is 4.40. The van der Waals surface area contributed by atoms with Crippen molar-refractivity contribution in [1.29, 1.82) is 0 Å². The molecule has 31 heavy (non-hydrogen) atoms. The number of anilines is 1. The number of nitrogens with one attached hydrogen (secondary N) is 1. The van der Waals surface area contributed by atoms with Gasteiger partial charge in [0.05, 0.1) is 30.4 Å². The van der Waals surface area contributed by atoms with Crippen LogP contribution >= 0.6 is 0 Å². The molecule has 0 saturated carbocycles. The lowest BCUT2D eigenvalue weighted by atomic mass is 10.0. The minimum absolute atomic E-state index is 0.0723. The number of nitro groups is 1. The summed E-state index contributed by atoms with van der Waals surface area (Å²) in [6.45, 7) is 1.92. The summed E-state index contributed by atoms with van der Waals surface area (Å²) < 4.78 is 39.0. The molecule has 3 aromatic carbocycles. The van der Waals surface area contributed by atoms with E-state index in [1.54, 1.807) is 37.3 Å². The number of nitro benzene ring substituents is 1. The third-order valence-corrected chi connectivity index (χ3v) is 4.40. The number of carbonyl (C=O) groups is 1. The molecular formula is C22H18F2N2O5. The Bertz CT molecular complexity index is 1140. The topological polar surface area (TPSA) is 90.7 Å². The number of benzene rings is 3. The highest BCUT2D eigenvalue weighted by atomic mass is 19.1. The molecule has 0 heterocycles. The molecule has 1 N–H and O–H groups in total. The van der Waals surface area contributed by atoms with Gasteiger partial charge in [0.2, 0.25) is 0 Å². The average Bonchev–Trinajstić information content (AvgIpc) is 2.75. The van der Waals surface area contributed by atoms with E-state index >= 15 is 0 Å². The van der Waals surface area contributed by atoms with Gasteiger partial charge in [0.1, 0.15) is 17.2 Å². The summed E-state index contributed by atoms with van der Waals surface area (Å²) in [5, 5.41) is 13.9. The van der Waals surface area contributed by atoms with Gasteiger partial charge in [0.25, 0.3) is 11.6 Å². The summed E-state index contributed by atoms with van der Waals surface area (Å²) in [5.41, 5.74) is -0.678. The van der Waals surface area contributed by atoms with E-state index in [1.165, 1.54) is 7.11 Å². The number of ether oxygens (including phenoxy) is 2. The second-order valence-electron chi connectivity index (χ2n) is 6.34. The Hall–Kier alpha value is -4.01. The van der Waals surface area contributed by atoms with Crippen molar-refractivity contribution in [2.45, 2.75) is 6.92 Å². The highest BCUT2D eigenvalue weighted by Crippen LogP contribution is 2.36. The van der Waals surface area contributed by atoms with E-state index in [0.717, 1.165) is 18.2 Å². The fourth-order valence-corrected chi connectivity index (χ4v) is 3.04. The molecule has 0 bridgehead atoms. The smallest absolute Gasteiger partial charge is 0.286 e. The fourth-order valence-electron chi connectivity index (χ4n) is 3.04. The molecule has 0 aliphatic rings. The first-order valence-electron chi connectivity index (χ1n) is 9.20. The molecule has 1 amide bonds. The molecule has 7 nitrogen and oxygen atoms in total. The summed E-state index contributed by atoms with van der Waals surface area (Å²) in [4.78, 5) is 23.7. The van der Waals surface area contributed by atoms with Crippen molar-refractivity contribution < 1.29 is 28.0 Å². The van der Waals surface area contributed by atoms with Gasteiger partial charge in [-0.25, -0.2) is 8.78 Å². The number of rotatable bonds is 7. The van der Waals surface area contributed by atoms with Crippen molar-refractivity contribution in [2.24, 2.45) is 0 Å². The molecule has 0 aromatic heterocycles. The number of hydrogen-bond donors (Lipinski definition) is 1. The Morgan fingerprint density at radius 2 is 1.81 bits per heavy atom. The van der Waals surface area contributed by atoms with E-state index in [0.29, 0.717) is 11.6 Å². The van der Waals surface area contributed by atoms with Crippen LogP contribution in [0, 0.1) is 21.7 Å². The van der Waals surface area contributed by atoms with Crippen molar-refractivity contribution >= 4 is 17.3 Å².